The third kappa shape index (κ3) is 4.61. The topological polar surface area (TPSA) is 0 Å². The molecule has 2 aromatic carbocycles. The van der Waals surface area contributed by atoms with E-state index < -0.39 is 14.0 Å². The quantitative estimate of drug-likeness (QED) is 0.314. The molecule has 4 rings (SSSR count). The van der Waals surface area contributed by atoms with E-state index in [2.05, 4.69) is 96.0 Å². The maximum Gasteiger partial charge on any atom is -0.147 e. The van der Waals surface area contributed by atoms with Crippen LogP contribution in [-0.2, 0) is 14.0 Å². The number of aryl methyl sites for hydroxylation is 4. The molecule has 0 saturated carbocycles. The molecule has 34 heavy (non-hydrogen) atoms. The van der Waals surface area contributed by atoms with Gasteiger partial charge in [0, 0.05) is 0 Å². The SMILES string of the molecule is CCCC1=Cc2c(C)ccc(C)c2[CH]1[Ti]([CH3])([CH3])(=[SiH2])[CH]1C(CCC)=Cc2c(C)ccc(C)c21.Cl.Cl. The predicted octanol–water partition coefficient (Wildman–Crippen LogP) is 9.27. The van der Waals surface area contributed by atoms with Gasteiger partial charge in [0.05, 0.1) is 0 Å². The van der Waals surface area contributed by atoms with Crippen molar-refractivity contribution in [2.24, 2.45) is 0 Å². The Kier molecular flexibility index (Phi) is 9.10. The first-order chi connectivity index (χ1) is 15.0. The second-order valence-electron chi connectivity index (χ2n) is 11.8. The zero-order chi connectivity index (χ0) is 23.4. The van der Waals surface area contributed by atoms with Crippen LogP contribution in [-0.4, -0.2) is 7.63 Å². The van der Waals surface area contributed by atoms with Crippen molar-refractivity contribution in [2.75, 3.05) is 0 Å². The van der Waals surface area contributed by atoms with Crippen LogP contribution < -0.4 is 0 Å². The second-order valence-corrected chi connectivity index (χ2v) is 32.0. The Morgan fingerprint density at radius 1 is 0.647 bits per heavy atom. The fourth-order valence-electron chi connectivity index (χ4n) is 7.11. The van der Waals surface area contributed by atoms with Crippen molar-refractivity contribution in [3.05, 3.63) is 79.9 Å². The van der Waals surface area contributed by atoms with Gasteiger partial charge in [0.1, 0.15) is 0 Å². The van der Waals surface area contributed by atoms with E-state index in [0.717, 1.165) is 0 Å². The molecule has 0 amide bonds. The van der Waals surface area contributed by atoms with E-state index in [9.17, 15) is 0 Å². The Morgan fingerprint density at radius 3 is 1.29 bits per heavy atom. The standard InChI is InChI=1S/2C14H17.2CH3.2ClH.H2Si.Ti/c2*1-4-5-12-8-13-10(2)6-7-11(3)14(13)9-12;;;;;;/h2*6-9H,4-5H2,1-3H3;2*1H3;2*1H;1H2;. The van der Waals surface area contributed by atoms with E-state index >= 15 is 0 Å². The van der Waals surface area contributed by atoms with Crippen LogP contribution in [0.25, 0.3) is 12.2 Å². The Balaban J connectivity index is 0.00000204. The van der Waals surface area contributed by atoms with E-state index in [1.807, 2.05) is 0 Å². The minimum Gasteiger partial charge on any atom is -0.147 e. The van der Waals surface area contributed by atoms with Crippen molar-refractivity contribution in [2.45, 2.75) is 86.1 Å². The molecular weight excluding hydrogens is 507 g/mol. The van der Waals surface area contributed by atoms with Crippen molar-refractivity contribution in [1.82, 2.24) is 0 Å². The van der Waals surface area contributed by atoms with Crippen LogP contribution in [0.5, 0.6) is 0 Å². The largest absolute Gasteiger partial charge is 0.147 e. The molecule has 0 bridgehead atoms. The summed E-state index contributed by atoms with van der Waals surface area (Å²) in [6.45, 7) is 14.1. The van der Waals surface area contributed by atoms with Crippen molar-refractivity contribution in [1.29, 1.82) is 0 Å². The van der Waals surface area contributed by atoms with Crippen LogP contribution in [0.4, 0.5) is 0 Å². The number of hydrogen-bond donors (Lipinski definition) is 0. The summed E-state index contributed by atoms with van der Waals surface area (Å²) in [5, 5.41) is 5.57. The molecule has 0 N–H and O–H groups in total. The zero-order valence-corrected chi connectivity index (χ0v) is 27.1. The molecule has 2 aliphatic carbocycles. The van der Waals surface area contributed by atoms with Crippen LogP contribution in [0.3, 0.4) is 0 Å². The van der Waals surface area contributed by atoms with Crippen molar-refractivity contribution in [3.63, 3.8) is 0 Å². The fraction of sp³-hybridized carbons (Fsp3) is 0.467. The monoisotopic (exact) mass is 550 g/mol. The Morgan fingerprint density at radius 2 is 0.971 bits per heavy atom. The van der Waals surface area contributed by atoms with Gasteiger partial charge in [-0.1, -0.05) is 0 Å². The first-order valence-corrected chi connectivity index (χ1v) is 21.6. The molecule has 0 radical (unpaired) electrons. The number of fused-ring (bicyclic) bond motifs is 2. The first-order valence-electron chi connectivity index (χ1n) is 12.7. The average molecular weight is 552 g/mol. The third-order valence-electron chi connectivity index (χ3n) is 8.40. The summed E-state index contributed by atoms with van der Waals surface area (Å²) in [5.74, 6) is 0. The maximum atomic E-state index is 2.78. The molecule has 2 unspecified atom stereocenters. The fourth-order valence-corrected chi connectivity index (χ4v) is 20.1. The molecule has 0 aromatic heterocycles. The van der Waals surface area contributed by atoms with Gasteiger partial charge in [-0.3, -0.25) is 0 Å². The predicted molar refractivity (Wildman–Crippen MR) is 158 cm³/mol. The number of hydrogen-bond acceptors (Lipinski definition) is 0. The van der Waals surface area contributed by atoms with Gasteiger partial charge in [-0.2, -0.15) is 0 Å². The molecule has 0 heterocycles. The Labute approximate surface area is 223 Å². The van der Waals surface area contributed by atoms with Crippen LogP contribution in [0.1, 0.15) is 92.5 Å². The molecule has 2 aromatic rings. The van der Waals surface area contributed by atoms with Gasteiger partial charge in [-0.05, 0) is 0 Å². The third-order valence-corrected chi connectivity index (χ3v) is 19.7. The zero-order valence-electron chi connectivity index (χ0n) is 22.5. The maximum absolute atomic E-state index is 3.17. The Hall–Kier alpha value is -0.569. The summed E-state index contributed by atoms with van der Waals surface area (Å²) in [4.78, 5) is 0. The summed E-state index contributed by atoms with van der Waals surface area (Å²) in [7, 11) is 2.48. The van der Waals surface area contributed by atoms with Gasteiger partial charge in [-0.15, -0.1) is 24.8 Å². The second kappa shape index (κ2) is 10.4. The first kappa shape index (κ1) is 29.7. The van der Waals surface area contributed by atoms with Crippen molar-refractivity contribution >= 4 is 44.6 Å². The summed E-state index contributed by atoms with van der Waals surface area (Å²) < 4.78 is 1.27. The number of halogens is 2. The van der Waals surface area contributed by atoms with Crippen molar-refractivity contribution < 1.29 is 14.0 Å². The molecule has 0 nitrogen and oxygen atoms in total. The van der Waals surface area contributed by atoms with Gasteiger partial charge < -0.3 is 0 Å². The summed E-state index contributed by atoms with van der Waals surface area (Å²) in [6.07, 6.45) is 10.1. The van der Waals surface area contributed by atoms with Gasteiger partial charge in [0.15, 0.2) is 0 Å². The van der Waals surface area contributed by atoms with Crippen molar-refractivity contribution in [3.8, 4) is 0 Å². The van der Waals surface area contributed by atoms with Gasteiger partial charge in [0.2, 0.25) is 0 Å². The van der Waals surface area contributed by atoms with E-state index in [1.54, 1.807) is 33.4 Å². The number of rotatable bonds is 6. The minimum atomic E-state index is -3.17. The number of benzene rings is 2. The molecule has 186 valence electrons. The van der Waals surface area contributed by atoms with E-state index in [1.165, 1.54) is 47.9 Å². The molecular formula is C30H44Cl2SiTi. The number of allylic oxidation sites excluding steroid dienone is 2. The van der Waals surface area contributed by atoms with Crippen LogP contribution >= 0.6 is 24.8 Å². The average Bonchev–Trinajstić information content (AvgIpc) is 3.30. The Bertz CT molecular complexity index is 1140. The molecule has 2 aliphatic rings. The minimum absolute atomic E-state index is 0. The molecule has 0 aliphatic heterocycles. The summed E-state index contributed by atoms with van der Waals surface area (Å²) in [6, 6.07) is 9.44. The van der Waals surface area contributed by atoms with Gasteiger partial charge in [-0.25, -0.2) is 0 Å². The summed E-state index contributed by atoms with van der Waals surface area (Å²) >= 11 is -3.17. The summed E-state index contributed by atoms with van der Waals surface area (Å²) in [5.41, 5.74) is 15.8. The van der Waals surface area contributed by atoms with Crippen LogP contribution in [0, 0.1) is 27.7 Å². The smallest absolute Gasteiger partial charge is 0.147 e. The van der Waals surface area contributed by atoms with Crippen LogP contribution in [0.15, 0.2) is 35.4 Å². The molecule has 2 atom stereocenters. The molecule has 0 spiro atoms. The molecule has 4 heteroatoms. The van der Waals surface area contributed by atoms with Gasteiger partial charge in [0.25, 0.3) is 0 Å². The normalized spacial score (nSPS) is 19.0. The molecule has 0 fully saturated rings. The van der Waals surface area contributed by atoms with Crippen LogP contribution in [0.2, 0.25) is 10.5 Å². The van der Waals surface area contributed by atoms with E-state index in [0.29, 0.717) is 8.45 Å². The van der Waals surface area contributed by atoms with E-state index in [4.69, 9.17) is 0 Å². The van der Waals surface area contributed by atoms with Gasteiger partial charge >= 0.3 is 200 Å². The van der Waals surface area contributed by atoms with E-state index in [-0.39, 0.29) is 24.8 Å². The molecule has 0 saturated heterocycles.